The zero-order valence-corrected chi connectivity index (χ0v) is 21.7. The van der Waals surface area contributed by atoms with Gasteiger partial charge in [-0.25, -0.2) is 19.3 Å². The molecule has 1 amide bonds. The summed E-state index contributed by atoms with van der Waals surface area (Å²) in [5.41, 5.74) is 2.36. The zero-order valence-electron chi connectivity index (χ0n) is 21.7. The largest absolute Gasteiger partial charge is 0.421 e. The highest BCUT2D eigenvalue weighted by atomic mass is 19.1. The SMILES string of the molecule is C=CC(=O)NC1CCN(c2nc(N/C(C=N)=C/NC)ncc2-c2ccc(Oc3nccc(C)n3)c(F)c2)CC1. The predicted octanol–water partition coefficient (Wildman–Crippen LogP) is 3.57. The number of allylic oxidation sites excluding steroid dienone is 1. The Morgan fingerprint density at radius 2 is 2.03 bits per heavy atom. The number of aromatic nitrogens is 4. The Morgan fingerprint density at radius 3 is 2.69 bits per heavy atom. The van der Waals surface area contributed by atoms with E-state index in [1.807, 2.05) is 0 Å². The van der Waals surface area contributed by atoms with Crippen molar-refractivity contribution in [3.05, 3.63) is 72.7 Å². The normalized spacial score (nSPS) is 13.9. The first-order valence-corrected chi connectivity index (χ1v) is 12.4. The number of hydrogen-bond acceptors (Lipinski definition) is 10. The van der Waals surface area contributed by atoms with E-state index in [1.165, 1.54) is 18.2 Å². The van der Waals surface area contributed by atoms with Gasteiger partial charge in [0.25, 0.3) is 0 Å². The van der Waals surface area contributed by atoms with Crippen molar-refractivity contribution in [3.8, 4) is 22.9 Å². The predicted molar refractivity (Wildman–Crippen MR) is 147 cm³/mol. The van der Waals surface area contributed by atoms with Crippen LogP contribution in [0.2, 0.25) is 0 Å². The Morgan fingerprint density at radius 1 is 1.23 bits per heavy atom. The number of hydrogen-bond donors (Lipinski definition) is 4. The van der Waals surface area contributed by atoms with Crippen LogP contribution in [0.3, 0.4) is 0 Å². The molecular weight excluding hydrogens is 501 g/mol. The van der Waals surface area contributed by atoms with Gasteiger partial charge in [-0.3, -0.25) is 4.79 Å². The number of anilines is 2. The van der Waals surface area contributed by atoms with E-state index < -0.39 is 5.82 Å². The van der Waals surface area contributed by atoms with Crippen LogP contribution in [0.25, 0.3) is 11.1 Å². The lowest BCUT2D eigenvalue weighted by atomic mass is 10.0. The summed E-state index contributed by atoms with van der Waals surface area (Å²) in [4.78, 5) is 31.1. The monoisotopic (exact) mass is 531 g/mol. The standard InChI is InChI=1S/C27H30FN9O2/c1-4-24(38)34-19-8-11-37(12-9-19)25-21(16-32-26(36-25)35-20(14-29)15-30-3)18-5-6-23(22(28)13-18)39-27-31-10-7-17(2)33-27/h4-7,10,13-16,19,29-30H,1,8-9,11-12H2,2-3H3,(H,34,38)(H,32,35,36)/b20-15+,29-14?. The fourth-order valence-electron chi connectivity index (χ4n) is 4.10. The molecule has 4 N–H and O–H groups in total. The van der Waals surface area contributed by atoms with Gasteiger partial charge < -0.3 is 31.0 Å². The lowest BCUT2D eigenvalue weighted by molar-refractivity contribution is -0.117. The van der Waals surface area contributed by atoms with Crippen LogP contribution < -0.4 is 25.6 Å². The first-order valence-electron chi connectivity index (χ1n) is 12.4. The van der Waals surface area contributed by atoms with Gasteiger partial charge in [0.15, 0.2) is 11.6 Å². The molecule has 0 aliphatic carbocycles. The number of benzene rings is 1. The van der Waals surface area contributed by atoms with Gasteiger partial charge in [-0.2, -0.15) is 4.98 Å². The number of halogens is 1. The maximum Gasteiger partial charge on any atom is 0.322 e. The third-order valence-electron chi connectivity index (χ3n) is 6.02. The van der Waals surface area contributed by atoms with Crippen molar-refractivity contribution >= 4 is 23.9 Å². The number of piperidine rings is 1. The zero-order chi connectivity index (χ0) is 27.8. The average molecular weight is 532 g/mol. The van der Waals surface area contributed by atoms with Gasteiger partial charge in [0, 0.05) is 62.2 Å². The van der Waals surface area contributed by atoms with Crippen molar-refractivity contribution in [2.24, 2.45) is 0 Å². The Bertz CT molecular complexity index is 1390. The molecule has 1 aliphatic rings. The summed E-state index contributed by atoms with van der Waals surface area (Å²) >= 11 is 0. The van der Waals surface area contributed by atoms with Crippen molar-refractivity contribution in [2.75, 3.05) is 30.4 Å². The quantitative estimate of drug-likeness (QED) is 0.228. The number of rotatable bonds is 10. The maximum atomic E-state index is 15.1. The molecule has 2 aromatic heterocycles. The van der Waals surface area contributed by atoms with E-state index in [-0.39, 0.29) is 29.7 Å². The van der Waals surface area contributed by atoms with E-state index in [0.717, 1.165) is 6.21 Å². The van der Waals surface area contributed by atoms with E-state index in [1.54, 1.807) is 44.7 Å². The molecule has 0 saturated carbocycles. The Hall–Kier alpha value is -4.87. The minimum absolute atomic E-state index is 0.00305. The molecule has 39 heavy (non-hydrogen) atoms. The number of carbonyl (C=O) groups excluding carboxylic acids is 1. The molecule has 0 spiro atoms. The van der Waals surface area contributed by atoms with Crippen LogP contribution in [0.5, 0.6) is 11.8 Å². The van der Waals surface area contributed by atoms with Crippen molar-refractivity contribution in [3.63, 3.8) is 0 Å². The van der Waals surface area contributed by atoms with E-state index in [4.69, 9.17) is 15.1 Å². The number of nitrogens with one attached hydrogen (secondary N) is 4. The van der Waals surface area contributed by atoms with Crippen molar-refractivity contribution in [1.29, 1.82) is 5.41 Å². The second kappa shape index (κ2) is 12.6. The third-order valence-corrected chi connectivity index (χ3v) is 6.02. The summed E-state index contributed by atoms with van der Waals surface area (Å²) in [5, 5.41) is 16.4. The van der Waals surface area contributed by atoms with Gasteiger partial charge in [0.1, 0.15) is 5.82 Å². The Labute approximate surface area is 225 Å². The Kier molecular flexibility index (Phi) is 8.77. The Balaban J connectivity index is 1.64. The summed E-state index contributed by atoms with van der Waals surface area (Å²) in [7, 11) is 1.73. The van der Waals surface area contributed by atoms with Crippen LogP contribution in [-0.2, 0) is 4.79 Å². The van der Waals surface area contributed by atoms with Gasteiger partial charge in [-0.15, -0.1) is 0 Å². The second-order valence-corrected chi connectivity index (χ2v) is 8.79. The molecule has 0 unspecified atom stereocenters. The van der Waals surface area contributed by atoms with Gasteiger partial charge in [0.2, 0.25) is 11.9 Å². The van der Waals surface area contributed by atoms with Crippen LogP contribution in [0.4, 0.5) is 16.2 Å². The smallest absolute Gasteiger partial charge is 0.322 e. The van der Waals surface area contributed by atoms with Crippen LogP contribution in [0, 0.1) is 18.2 Å². The van der Waals surface area contributed by atoms with Gasteiger partial charge in [0.05, 0.1) is 5.70 Å². The number of aryl methyl sites for hydroxylation is 1. The van der Waals surface area contributed by atoms with Crippen LogP contribution in [0.1, 0.15) is 18.5 Å². The van der Waals surface area contributed by atoms with Crippen LogP contribution >= 0.6 is 0 Å². The third kappa shape index (κ3) is 6.92. The highest BCUT2D eigenvalue weighted by molar-refractivity contribution is 5.87. The number of nitrogens with zero attached hydrogens (tertiary/aromatic N) is 5. The fraction of sp³-hybridized carbons (Fsp3) is 0.259. The molecule has 11 nitrogen and oxygen atoms in total. The van der Waals surface area contributed by atoms with E-state index >= 15 is 4.39 Å². The minimum atomic E-state index is -0.584. The molecule has 0 atom stereocenters. The molecule has 12 heteroatoms. The maximum absolute atomic E-state index is 15.1. The van der Waals surface area contributed by atoms with Crippen molar-refractivity contribution < 1.29 is 13.9 Å². The molecule has 1 aliphatic heterocycles. The summed E-state index contributed by atoms with van der Waals surface area (Å²) in [6.07, 6.45) is 8.60. The fourth-order valence-corrected chi connectivity index (χ4v) is 4.10. The minimum Gasteiger partial charge on any atom is -0.421 e. The van der Waals surface area contributed by atoms with E-state index in [9.17, 15) is 4.79 Å². The summed E-state index contributed by atoms with van der Waals surface area (Å²) < 4.78 is 20.7. The van der Waals surface area contributed by atoms with Gasteiger partial charge in [-0.1, -0.05) is 12.6 Å². The molecule has 4 rings (SSSR count). The molecule has 1 aromatic carbocycles. The molecule has 3 heterocycles. The molecule has 1 fully saturated rings. The van der Waals surface area contributed by atoms with Crippen LogP contribution in [0.15, 0.2) is 61.2 Å². The van der Waals surface area contributed by atoms with E-state index in [2.05, 4.69) is 42.4 Å². The number of amides is 1. The molecule has 0 radical (unpaired) electrons. The number of ether oxygens (including phenoxy) is 1. The molecular formula is C27H30FN9O2. The van der Waals surface area contributed by atoms with E-state index in [0.29, 0.717) is 54.3 Å². The van der Waals surface area contributed by atoms with Crippen molar-refractivity contribution in [2.45, 2.75) is 25.8 Å². The van der Waals surface area contributed by atoms with Crippen LogP contribution in [-0.4, -0.2) is 58.2 Å². The summed E-state index contributed by atoms with van der Waals surface area (Å²) in [5.74, 6) is 0.103. The first kappa shape index (κ1) is 27.2. The number of carbonyl (C=O) groups is 1. The lowest BCUT2D eigenvalue weighted by Gasteiger charge is -2.34. The molecule has 0 bridgehead atoms. The molecule has 202 valence electrons. The van der Waals surface area contributed by atoms with Gasteiger partial charge in [-0.05, 0) is 49.6 Å². The molecule has 1 saturated heterocycles. The molecule has 3 aromatic rings. The average Bonchev–Trinajstić information content (AvgIpc) is 2.94. The second-order valence-electron chi connectivity index (χ2n) is 8.79. The highest BCUT2D eigenvalue weighted by Crippen LogP contribution is 2.34. The first-order chi connectivity index (χ1) is 18.9. The lowest BCUT2D eigenvalue weighted by Crippen LogP contribution is -2.44. The topological polar surface area (TPSA) is 141 Å². The summed E-state index contributed by atoms with van der Waals surface area (Å²) in [6, 6.07) is 6.42. The highest BCUT2D eigenvalue weighted by Gasteiger charge is 2.24. The van der Waals surface area contributed by atoms with Gasteiger partial charge >= 0.3 is 6.01 Å². The van der Waals surface area contributed by atoms with Crippen molar-refractivity contribution in [1.82, 2.24) is 30.6 Å². The summed E-state index contributed by atoms with van der Waals surface area (Å²) in [6.45, 7) is 6.53.